The van der Waals surface area contributed by atoms with E-state index >= 15 is 0 Å². The van der Waals surface area contributed by atoms with Gasteiger partial charge in [0.1, 0.15) is 5.82 Å². The van der Waals surface area contributed by atoms with Crippen LogP contribution in [0.15, 0.2) is 18.6 Å². The van der Waals surface area contributed by atoms with Gasteiger partial charge in [-0.3, -0.25) is 4.98 Å². The van der Waals surface area contributed by atoms with E-state index in [1.165, 1.54) is 25.5 Å². The molecule has 3 nitrogen and oxygen atoms in total. The summed E-state index contributed by atoms with van der Waals surface area (Å²) < 4.78 is 25.4. The first-order chi connectivity index (χ1) is 6.00. The minimum absolute atomic E-state index is 0.358. The summed E-state index contributed by atoms with van der Waals surface area (Å²) in [4.78, 5) is 7.58. The van der Waals surface area contributed by atoms with Gasteiger partial charge in [-0.1, -0.05) is 0 Å². The molecule has 13 heavy (non-hydrogen) atoms. The molecule has 72 valence electrons. The van der Waals surface area contributed by atoms with E-state index in [-0.39, 0.29) is 0 Å². The van der Waals surface area contributed by atoms with Crippen molar-refractivity contribution in [2.45, 2.75) is 25.8 Å². The summed E-state index contributed by atoms with van der Waals surface area (Å²) in [7, 11) is 0. The van der Waals surface area contributed by atoms with E-state index in [9.17, 15) is 8.78 Å². The number of anilines is 1. The summed E-state index contributed by atoms with van der Waals surface area (Å²) in [5.41, 5.74) is 0. The van der Waals surface area contributed by atoms with Crippen LogP contribution in [-0.4, -0.2) is 21.9 Å². The monoisotopic (exact) mass is 187 g/mol. The number of rotatable bonds is 3. The lowest BCUT2D eigenvalue weighted by molar-refractivity contribution is 0.00688. The number of alkyl halides is 2. The quantitative estimate of drug-likeness (QED) is 0.785. The summed E-state index contributed by atoms with van der Waals surface area (Å²) in [6.07, 6.45) is 4.34. The summed E-state index contributed by atoms with van der Waals surface area (Å²) in [5, 5.41) is 2.56. The second kappa shape index (κ2) is 3.64. The number of hydrogen-bond acceptors (Lipinski definition) is 3. The molecule has 1 aromatic heterocycles. The Kier molecular flexibility index (Phi) is 2.75. The first-order valence-corrected chi connectivity index (χ1v) is 3.90. The van der Waals surface area contributed by atoms with E-state index < -0.39 is 12.0 Å². The second-order valence-electron chi connectivity index (χ2n) is 2.91. The van der Waals surface area contributed by atoms with E-state index in [4.69, 9.17) is 0 Å². The topological polar surface area (TPSA) is 37.8 Å². The Morgan fingerprint density at radius 1 is 1.46 bits per heavy atom. The summed E-state index contributed by atoms with van der Waals surface area (Å²) >= 11 is 0. The molecule has 5 heteroatoms. The average molecular weight is 187 g/mol. The third kappa shape index (κ3) is 2.93. The third-order valence-corrected chi connectivity index (χ3v) is 1.69. The molecule has 0 radical (unpaired) electrons. The number of halogens is 2. The molecule has 1 atom stereocenters. The largest absolute Gasteiger partial charge is 0.360 e. The van der Waals surface area contributed by atoms with Crippen LogP contribution in [0.25, 0.3) is 0 Å². The van der Waals surface area contributed by atoms with Gasteiger partial charge >= 0.3 is 0 Å². The Labute approximate surface area is 75.2 Å². The van der Waals surface area contributed by atoms with Crippen LogP contribution in [0.1, 0.15) is 13.8 Å². The fourth-order valence-corrected chi connectivity index (χ4v) is 0.722. The Morgan fingerprint density at radius 2 is 2.15 bits per heavy atom. The molecule has 1 aromatic rings. The maximum Gasteiger partial charge on any atom is 0.264 e. The molecule has 0 bridgehead atoms. The molecular formula is C8H11F2N3. The SMILES string of the molecule is CC(Nc1cnccn1)C(C)(F)F. The highest BCUT2D eigenvalue weighted by molar-refractivity contribution is 5.31. The van der Waals surface area contributed by atoms with Crippen molar-refractivity contribution in [3.05, 3.63) is 18.6 Å². The maximum absolute atomic E-state index is 12.7. The van der Waals surface area contributed by atoms with E-state index in [1.54, 1.807) is 0 Å². The maximum atomic E-state index is 12.7. The minimum Gasteiger partial charge on any atom is -0.360 e. The van der Waals surface area contributed by atoms with Crippen molar-refractivity contribution in [2.24, 2.45) is 0 Å². The van der Waals surface area contributed by atoms with Crippen LogP contribution < -0.4 is 5.32 Å². The molecule has 0 aliphatic rings. The van der Waals surface area contributed by atoms with E-state index in [0.29, 0.717) is 5.82 Å². The molecule has 1 heterocycles. The lowest BCUT2D eigenvalue weighted by atomic mass is 10.2. The summed E-state index contributed by atoms with van der Waals surface area (Å²) in [6, 6.07) is -0.954. The predicted molar refractivity (Wildman–Crippen MR) is 45.7 cm³/mol. The van der Waals surface area contributed by atoms with E-state index in [0.717, 1.165) is 6.92 Å². The van der Waals surface area contributed by atoms with Crippen LogP contribution in [0.4, 0.5) is 14.6 Å². The molecule has 0 spiro atoms. The zero-order valence-electron chi connectivity index (χ0n) is 7.46. The Balaban J connectivity index is 2.61. The van der Waals surface area contributed by atoms with E-state index in [1.807, 2.05) is 0 Å². The number of aromatic nitrogens is 2. The van der Waals surface area contributed by atoms with Gasteiger partial charge in [0.05, 0.1) is 12.2 Å². The van der Waals surface area contributed by atoms with Crippen molar-refractivity contribution in [2.75, 3.05) is 5.32 Å². The molecule has 0 aromatic carbocycles. The zero-order valence-corrected chi connectivity index (χ0v) is 7.46. The van der Waals surface area contributed by atoms with Crippen molar-refractivity contribution < 1.29 is 8.78 Å². The number of nitrogens with one attached hydrogen (secondary N) is 1. The molecule has 1 N–H and O–H groups in total. The average Bonchev–Trinajstić information content (AvgIpc) is 2.04. The standard InChI is InChI=1S/C8H11F2N3/c1-6(8(2,9)10)13-7-5-11-3-4-12-7/h3-6H,1-2H3,(H,12,13). The fraction of sp³-hybridized carbons (Fsp3) is 0.500. The van der Waals surface area contributed by atoms with Crippen molar-refractivity contribution in [1.82, 2.24) is 9.97 Å². The van der Waals surface area contributed by atoms with Crippen molar-refractivity contribution in [3.63, 3.8) is 0 Å². The van der Waals surface area contributed by atoms with Gasteiger partial charge in [0.25, 0.3) is 5.92 Å². The predicted octanol–water partition coefficient (Wildman–Crippen LogP) is 1.93. The van der Waals surface area contributed by atoms with Gasteiger partial charge in [-0.15, -0.1) is 0 Å². The molecule has 0 fully saturated rings. The molecule has 0 aliphatic heterocycles. The van der Waals surface area contributed by atoms with Gasteiger partial charge in [-0.2, -0.15) is 0 Å². The van der Waals surface area contributed by atoms with Crippen LogP contribution in [0.5, 0.6) is 0 Å². The Bertz CT molecular complexity index is 258. The Morgan fingerprint density at radius 3 is 2.62 bits per heavy atom. The molecule has 0 aliphatic carbocycles. The minimum atomic E-state index is -2.77. The summed E-state index contributed by atoms with van der Waals surface area (Å²) in [5.74, 6) is -2.41. The third-order valence-electron chi connectivity index (χ3n) is 1.69. The molecule has 0 saturated heterocycles. The molecular weight excluding hydrogens is 176 g/mol. The highest BCUT2D eigenvalue weighted by Crippen LogP contribution is 2.19. The Hall–Kier alpha value is -1.26. The molecule has 1 rings (SSSR count). The lowest BCUT2D eigenvalue weighted by Gasteiger charge is -2.20. The van der Waals surface area contributed by atoms with Crippen LogP contribution in [0.3, 0.4) is 0 Å². The van der Waals surface area contributed by atoms with Crippen LogP contribution in [-0.2, 0) is 0 Å². The van der Waals surface area contributed by atoms with Crippen molar-refractivity contribution in [1.29, 1.82) is 0 Å². The van der Waals surface area contributed by atoms with E-state index in [2.05, 4.69) is 15.3 Å². The van der Waals surface area contributed by atoms with Crippen molar-refractivity contribution in [3.8, 4) is 0 Å². The van der Waals surface area contributed by atoms with Gasteiger partial charge < -0.3 is 5.32 Å². The summed E-state index contributed by atoms with van der Waals surface area (Å²) in [6.45, 7) is 2.26. The smallest absolute Gasteiger partial charge is 0.264 e. The highest BCUT2D eigenvalue weighted by Gasteiger charge is 2.30. The zero-order chi connectivity index (χ0) is 9.90. The normalized spacial score (nSPS) is 13.8. The van der Waals surface area contributed by atoms with Gasteiger partial charge in [-0.05, 0) is 6.92 Å². The molecule has 0 saturated carbocycles. The molecule has 1 unspecified atom stereocenters. The highest BCUT2D eigenvalue weighted by atomic mass is 19.3. The molecule has 0 amide bonds. The van der Waals surface area contributed by atoms with Gasteiger partial charge in [0.2, 0.25) is 0 Å². The first-order valence-electron chi connectivity index (χ1n) is 3.90. The van der Waals surface area contributed by atoms with Crippen LogP contribution in [0, 0.1) is 0 Å². The number of nitrogens with zero attached hydrogens (tertiary/aromatic N) is 2. The number of hydrogen-bond donors (Lipinski definition) is 1. The fourth-order valence-electron chi connectivity index (χ4n) is 0.722. The first kappa shape index (κ1) is 9.83. The van der Waals surface area contributed by atoms with Crippen molar-refractivity contribution >= 4 is 5.82 Å². The lowest BCUT2D eigenvalue weighted by Crippen LogP contribution is -2.34. The second-order valence-corrected chi connectivity index (χ2v) is 2.91. The van der Waals surface area contributed by atoms with Gasteiger partial charge in [-0.25, -0.2) is 13.8 Å². The van der Waals surface area contributed by atoms with Crippen LogP contribution >= 0.6 is 0 Å². The van der Waals surface area contributed by atoms with Gasteiger partial charge in [0.15, 0.2) is 0 Å². The van der Waals surface area contributed by atoms with Crippen LogP contribution in [0.2, 0.25) is 0 Å². The van der Waals surface area contributed by atoms with Gasteiger partial charge in [0, 0.05) is 19.3 Å².